The first kappa shape index (κ1) is 12.1. The summed E-state index contributed by atoms with van der Waals surface area (Å²) in [5.74, 6) is 0. The minimum Gasteiger partial charge on any atom is -0.374 e. The lowest BCUT2D eigenvalue weighted by Crippen LogP contribution is -2.04. The molecule has 0 aliphatic heterocycles. The van der Waals surface area contributed by atoms with Crippen molar-refractivity contribution in [1.29, 1.82) is 0 Å². The molecule has 0 unspecified atom stereocenters. The molecule has 1 aromatic carbocycles. The number of halogens is 4. The molecule has 0 bridgehead atoms. The van der Waals surface area contributed by atoms with Crippen LogP contribution in [0, 0.1) is 0 Å². The van der Waals surface area contributed by atoms with Crippen LogP contribution in [0.25, 0.3) is 10.6 Å². The molecule has 2 N–H and O–H groups in total. The summed E-state index contributed by atoms with van der Waals surface area (Å²) < 4.78 is 37.7. The predicted molar refractivity (Wildman–Crippen MR) is 59.8 cm³/mol. The summed E-state index contributed by atoms with van der Waals surface area (Å²) in [4.78, 5) is 0. The van der Waals surface area contributed by atoms with E-state index in [-0.39, 0.29) is 15.7 Å². The van der Waals surface area contributed by atoms with Crippen LogP contribution >= 0.6 is 22.9 Å². The van der Waals surface area contributed by atoms with Crippen LogP contribution < -0.4 is 5.73 Å². The maximum Gasteiger partial charge on any atom is 0.416 e. The van der Waals surface area contributed by atoms with E-state index in [0.717, 1.165) is 23.5 Å². The number of aromatic nitrogens is 2. The first-order chi connectivity index (χ1) is 7.86. The Morgan fingerprint density at radius 2 is 1.88 bits per heavy atom. The summed E-state index contributed by atoms with van der Waals surface area (Å²) in [5, 5.41) is 7.68. The number of rotatable bonds is 1. The molecular weight excluding hydrogens is 275 g/mol. The van der Waals surface area contributed by atoms with Gasteiger partial charge in [-0.2, -0.15) is 13.2 Å². The second-order valence-electron chi connectivity index (χ2n) is 3.17. The smallest absolute Gasteiger partial charge is 0.374 e. The highest BCUT2D eigenvalue weighted by Gasteiger charge is 2.31. The molecule has 0 aliphatic rings. The van der Waals surface area contributed by atoms with Gasteiger partial charge >= 0.3 is 6.18 Å². The van der Waals surface area contributed by atoms with Crippen molar-refractivity contribution in [2.24, 2.45) is 0 Å². The lowest BCUT2D eigenvalue weighted by molar-refractivity contribution is -0.137. The van der Waals surface area contributed by atoms with Crippen molar-refractivity contribution < 1.29 is 13.2 Å². The molecule has 0 radical (unpaired) electrons. The number of hydrogen-bond acceptors (Lipinski definition) is 4. The average Bonchev–Trinajstić information content (AvgIpc) is 2.62. The number of alkyl halides is 3. The van der Waals surface area contributed by atoms with Gasteiger partial charge in [-0.25, -0.2) is 0 Å². The highest BCUT2D eigenvalue weighted by Crippen LogP contribution is 2.35. The van der Waals surface area contributed by atoms with Crippen molar-refractivity contribution in [1.82, 2.24) is 10.2 Å². The zero-order chi connectivity index (χ0) is 12.6. The molecule has 1 heterocycles. The molecule has 0 saturated heterocycles. The fourth-order valence-electron chi connectivity index (χ4n) is 1.23. The molecule has 0 fully saturated rings. The maximum atomic E-state index is 12.6. The molecule has 0 spiro atoms. The number of nitrogen functional groups attached to an aromatic ring is 1. The van der Waals surface area contributed by atoms with Crippen LogP contribution in [0.4, 0.5) is 18.3 Å². The summed E-state index contributed by atoms with van der Waals surface area (Å²) >= 11 is 6.64. The van der Waals surface area contributed by atoms with Crippen molar-refractivity contribution in [3.8, 4) is 10.6 Å². The van der Waals surface area contributed by atoms with Gasteiger partial charge in [-0.1, -0.05) is 22.9 Å². The Balaban J connectivity index is 2.52. The molecule has 8 heteroatoms. The van der Waals surface area contributed by atoms with Crippen molar-refractivity contribution >= 4 is 28.1 Å². The summed E-state index contributed by atoms with van der Waals surface area (Å²) in [6.45, 7) is 0. The quantitative estimate of drug-likeness (QED) is 0.870. The van der Waals surface area contributed by atoms with E-state index >= 15 is 0 Å². The molecule has 0 atom stereocenters. The van der Waals surface area contributed by atoms with E-state index in [1.807, 2.05) is 0 Å². The molecule has 90 valence electrons. The highest BCUT2D eigenvalue weighted by molar-refractivity contribution is 7.18. The molecule has 0 aliphatic carbocycles. The van der Waals surface area contributed by atoms with Gasteiger partial charge in [0.05, 0.1) is 5.56 Å². The average molecular weight is 280 g/mol. The molecule has 2 aromatic rings. The molecule has 0 amide bonds. The Hall–Kier alpha value is -1.34. The first-order valence-electron chi connectivity index (χ1n) is 4.33. The summed E-state index contributed by atoms with van der Waals surface area (Å²) in [6, 6.07) is 3.21. The van der Waals surface area contributed by atoms with Gasteiger partial charge < -0.3 is 5.73 Å². The van der Waals surface area contributed by atoms with Crippen molar-refractivity contribution in [2.45, 2.75) is 6.18 Å². The number of anilines is 1. The standard InChI is InChI=1S/C9H5ClF3N3S/c10-6-2-4(7-15-16-8(14)17-7)1-5(3-6)9(11,12)13/h1-3H,(H2,14,16). The lowest BCUT2D eigenvalue weighted by Gasteiger charge is -2.08. The van der Waals surface area contributed by atoms with E-state index in [4.69, 9.17) is 17.3 Å². The molecule has 3 nitrogen and oxygen atoms in total. The molecule has 1 aromatic heterocycles. The van der Waals surface area contributed by atoms with E-state index in [1.165, 1.54) is 6.07 Å². The number of hydrogen-bond donors (Lipinski definition) is 1. The van der Waals surface area contributed by atoms with E-state index in [1.54, 1.807) is 0 Å². The van der Waals surface area contributed by atoms with Crippen LogP contribution in [0.5, 0.6) is 0 Å². The van der Waals surface area contributed by atoms with Gasteiger partial charge in [0.25, 0.3) is 0 Å². The van der Waals surface area contributed by atoms with Gasteiger partial charge in [0.1, 0.15) is 5.01 Å². The molecule has 0 saturated carbocycles. The van der Waals surface area contributed by atoms with Crippen LogP contribution in [0.15, 0.2) is 18.2 Å². The van der Waals surface area contributed by atoms with Crippen LogP contribution in [0.3, 0.4) is 0 Å². The van der Waals surface area contributed by atoms with Gasteiger partial charge in [0.2, 0.25) is 5.13 Å². The van der Waals surface area contributed by atoms with Crippen LogP contribution in [-0.2, 0) is 6.18 Å². The summed E-state index contributed by atoms with van der Waals surface area (Å²) in [7, 11) is 0. The monoisotopic (exact) mass is 279 g/mol. The Morgan fingerprint density at radius 1 is 1.18 bits per heavy atom. The van der Waals surface area contributed by atoms with Crippen molar-refractivity contribution in [3.05, 3.63) is 28.8 Å². The van der Waals surface area contributed by atoms with Gasteiger partial charge in [0, 0.05) is 10.6 Å². The van der Waals surface area contributed by atoms with E-state index in [0.29, 0.717) is 5.01 Å². The van der Waals surface area contributed by atoms with Crippen molar-refractivity contribution in [3.63, 3.8) is 0 Å². The van der Waals surface area contributed by atoms with Crippen LogP contribution in [0.2, 0.25) is 5.02 Å². The first-order valence-corrected chi connectivity index (χ1v) is 5.53. The largest absolute Gasteiger partial charge is 0.416 e. The van der Waals surface area contributed by atoms with E-state index < -0.39 is 11.7 Å². The zero-order valence-electron chi connectivity index (χ0n) is 8.12. The SMILES string of the molecule is Nc1nnc(-c2cc(Cl)cc(C(F)(F)F)c2)s1. The Morgan fingerprint density at radius 3 is 2.41 bits per heavy atom. The Labute approximate surface area is 103 Å². The minimum atomic E-state index is -4.45. The third-order valence-corrected chi connectivity index (χ3v) is 2.93. The summed E-state index contributed by atoms with van der Waals surface area (Å²) in [5.41, 5.74) is 4.79. The second-order valence-corrected chi connectivity index (χ2v) is 4.62. The minimum absolute atomic E-state index is 0.0106. The molecule has 17 heavy (non-hydrogen) atoms. The van der Waals surface area contributed by atoms with Gasteiger partial charge in [-0.15, -0.1) is 10.2 Å². The van der Waals surface area contributed by atoms with Crippen LogP contribution in [0.1, 0.15) is 5.56 Å². The number of benzene rings is 1. The van der Waals surface area contributed by atoms with Crippen LogP contribution in [-0.4, -0.2) is 10.2 Å². The number of nitrogens with zero attached hydrogens (tertiary/aromatic N) is 2. The fourth-order valence-corrected chi connectivity index (χ4v) is 2.06. The Bertz CT molecular complexity index is 553. The molecule has 2 rings (SSSR count). The van der Waals surface area contributed by atoms with E-state index in [9.17, 15) is 13.2 Å². The van der Waals surface area contributed by atoms with Crippen molar-refractivity contribution in [2.75, 3.05) is 5.73 Å². The highest BCUT2D eigenvalue weighted by atomic mass is 35.5. The third-order valence-electron chi connectivity index (χ3n) is 1.91. The molecular formula is C9H5ClF3N3S. The fraction of sp³-hybridized carbons (Fsp3) is 0.111. The lowest BCUT2D eigenvalue weighted by atomic mass is 10.1. The third kappa shape index (κ3) is 2.67. The maximum absolute atomic E-state index is 12.6. The zero-order valence-corrected chi connectivity index (χ0v) is 9.70. The van der Waals surface area contributed by atoms with E-state index in [2.05, 4.69) is 10.2 Å². The topological polar surface area (TPSA) is 51.8 Å². The summed E-state index contributed by atoms with van der Waals surface area (Å²) in [6.07, 6.45) is -4.45. The van der Waals surface area contributed by atoms with Gasteiger partial charge in [-0.05, 0) is 18.2 Å². The normalized spacial score (nSPS) is 11.8. The second kappa shape index (κ2) is 4.15. The predicted octanol–water partition coefficient (Wildman–Crippen LogP) is 3.46. The number of nitrogens with two attached hydrogens (primary N) is 1. The Kier molecular flexibility index (Phi) is 2.96. The van der Waals surface area contributed by atoms with Gasteiger partial charge in [-0.3, -0.25) is 0 Å². The van der Waals surface area contributed by atoms with Gasteiger partial charge in [0.15, 0.2) is 0 Å².